The van der Waals surface area contributed by atoms with E-state index in [2.05, 4.69) is 5.32 Å². The van der Waals surface area contributed by atoms with Gasteiger partial charge in [-0.1, -0.05) is 0 Å². The van der Waals surface area contributed by atoms with Gasteiger partial charge in [-0.3, -0.25) is 9.59 Å². The number of nitrogens with zero attached hydrogens (tertiary/aromatic N) is 2. The van der Waals surface area contributed by atoms with Crippen molar-refractivity contribution in [3.05, 3.63) is 0 Å². The molecule has 2 rings (SSSR count). The molecule has 2 saturated heterocycles. The van der Waals surface area contributed by atoms with Crippen LogP contribution in [-0.4, -0.2) is 74.1 Å². The molecule has 6 heteroatoms. The number of hydrogen-bond donors (Lipinski definition) is 1. The zero-order valence-corrected chi connectivity index (χ0v) is 9.98. The van der Waals surface area contributed by atoms with Gasteiger partial charge in [0.1, 0.15) is 6.61 Å². The van der Waals surface area contributed by atoms with E-state index in [1.54, 1.807) is 4.90 Å². The molecule has 6 nitrogen and oxygen atoms in total. The lowest BCUT2D eigenvalue weighted by Crippen LogP contribution is -2.48. The zero-order valence-electron chi connectivity index (χ0n) is 9.98. The lowest BCUT2D eigenvalue weighted by molar-refractivity contribution is -0.148. The number of ether oxygens (including phenoxy) is 1. The van der Waals surface area contributed by atoms with Gasteiger partial charge in [0.15, 0.2) is 0 Å². The molecule has 2 heterocycles. The van der Waals surface area contributed by atoms with Gasteiger partial charge in [0.05, 0.1) is 13.2 Å². The summed E-state index contributed by atoms with van der Waals surface area (Å²) < 4.78 is 5.03. The fourth-order valence-electron chi connectivity index (χ4n) is 2.08. The monoisotopic (exact) mass is 241 g/mol. The zero-order chi connectivity index (χ0) is 12.1. The number of morpholine rings is 1. The molecule has 2 aliphatic heterocycles. The molecule has 0 aliphatic carbocycles. The Morgan fingerprint density at radius 1 is 1.29 bits per heavy atom. The van der Waals surface area contributed by atoms with Crippen LogP contribution in [0.25, 0.3) is 0 Å². The maximum absolute atomic E-state index is 12.0. The Bertz CT molecular complexity index is 288. The summed E-state index contributed by atoms with van der Waals surface area (Å²) in [6.45, 7) is 4.67. The number of nitrogens with one attached hydrogen (secondary N) is 1. The van der Waals surface area contributed by atoms with Gasteiger partial charge in [0, 0.05) is 26.2 Å². The van der Waals surface area contributed by atoms with Crippen LogP contribution in [0.3, 0.4) is 0 Å². The average molecular weight is 241 g/mol. The van der Waals surface area contributed by atoms with Crippen molar-refractivity contribution < 1.29 is 14.3 Å². The predicted molar refractivity (Wildman–Crippen MR) is 61.5 cm³/mol. The summed E-state index contributed by atoms with van der Waals surface area (Å²) in [6, 6.07) is 0. The van der Waals surface area contributed by atoms with Gasteiger partial charge in [-0.15, -0.1) is 0 Å². The lowest BCUT2D eigenvalue weighted by Gasteiger charge is -2.29. The van der Waals surface area contributed by atoms with E-state index in [0.29, 0.717) is 13.2 Å². The molecule has 1 N–H and O–H groups in total. The quantitative estimate of drug-likeness (QED) is 0.650. The molecular weight excluding hydrogens is 222 g/mol. The van der Waals surface area contributed by atoms with E-state index >= 15 is 0 Å². The number of carbonyl (C=O) groups excluding carboxylic acids is 2. The summed E-state index contributed by atoms with van der Waals surface area (Å²) in [7, 11) is 0. The molecule has 0 aromatic rings. The fourth-order valence-corrected chi connectivity index (χ4v) is 2.08. The highest BCUT2D eigenvalue weighted by molar-refractivity contribution is 5.85. The fraction of sp³-hybridized carbons (Fsp3) is 0.818. The van der Waals surface area contributed by atoms with Gasteiger partial charge in [-0.25, -0.2) is 0 Å². The Hall–Kier alpha value is -1.14. The van der Waals surface area contributed by atoms with Crippen LogP contribution in [0.2, 0.25) is 0 Å². The molecule has 0 aromatic heterocycles. The van der Waals surface area contributed by atoms with E-state index in [9.17, 15) is 9.59 Å². The van der Waals surface area contributed by atoms with Gasteiger partial charge in [0.2, 0.25) is 11.8 Å². The van der Waals surface area contributed by atoms with Crippen molar-refractivity contribution in [1.29, 1.82) is 0 Å². The highest BCUT2D eigenvalue weighted by atomic mass is 16.5. The predicted octanol–water partition coefficient (Wildman–Crippen LogP) is -1.33. The Kier molecular flexibility index (Phi) is 4.33. The number of carbonyl (C=O) groups is 2. The molecule has 0 saturated carbocycles. The van der Waals surface area contributed by atoms with Gasteiger partial charge in [0.25, 0.3) is 0 Å². The molecule has 0 spiro atoms. The highest BCUT2D eigenvalue weighted by Crippen LogP contribution is 2.02. The summed E-state index contributed by atoms with van der Waals surface area (Å²) >= 11 is 0. The molecule has 2 fully saturated rings. The van der Waals surface area contributed by atoms with Crippen LogP contribution in [0.15, 0.2) is 0 Å². The number of rotatable bonds is 2. The third-order valence-corrected chi connectivity index (χ3v) is 3.10. The maximum atomic E-state index is 12.0. The number of amides is 2. The van der Waals surface area contributed by atoms with Crippen molar-refractivity contribution in [3.8, 4) is 0 Å². The molecule has 2 aliphatic rings. The van der Waals surface area contributed by atoms with Crippen LogP contribution >= 0.6 is 0 Å². The largest absolute Gasteiger partial charge is 0.370 e. The van der Waals surface area contributed by atoms with E-state index in [-0.39, 0.29) is 25.0 Å². The van der Waals surface area contributed by atoms with Crippen molar-refractivity contribution >= 4 is 11.8 Å². The van der Waals surface area contributed by atoms with Crippen LogP contribution in [0.4, 0.5) is 0 Å². The first-order chi connectivity index (χ1) is 8.27. The van der Waals surface area contributed by atoms with Crippen LogP contribution < -0.4 is 5.32 Å². The second kappa shape index (κ2) is 5.97. The molecular formula is C11H19N3O3. The standard InChI is InChI=1S/C11H19N3O3/c15-10(13-4-1-2-12-3-5-13)8-14-6-7-17-9-11(14)16/h12H,1-9H2. The van der Waals surface area contributed by atoms with Crippen molar-refractivity contribution in [2.75, 3.05) is 52.5 Å². The Morgan fingerprint density at radius 3 is 3.00 bits per heavy atom. The average Bonchev–Trinajstić information content (AvgIpc) is 2.61. The minimum absolute atomic E-state index is 0.0453. The molecule has 0 aromatic carbocycles. The first-order valence-electron chi connectivity index (χ1n) is 6.11. The molecule has 17 heavy (non-hydrogen) atoms. The van der Waals surface area contributed by atoms with Gasteiger partial charge in [-0.2, -0.15) is 0 Å². The van der Waals surface area contributed by atoms with Crippen LogP contribution in [0.1, 0.15) is 6.42 Å². The Labute approximate surface area is 101 Å². The van der Waals surface area contributed by atoms with E-state index in [0.717, 1.165) is 32.6 Å². The second-order valence-electron chi connectivity index (χ2n) is 4.35. The van der Waals surface area contributed by atoms with E-state index < -0.39 is 0 Å². The van der Waals surface area contributed by atoms with Crippen molar-refractivity contribution in [2.45, 2.75) is 6.42 Å². The topological polar surface area (TPSA) is 61.9 Å². The smallest absolute Gasteiger partial charge is 0.249 e. The lowest BCUT2D eigenvalue weighted by atomic mass is 10.3. The van der Waals surface area contributed by atoms with Crippen molar-refractivity contribution in [3.63, 3.8) is 0 Å². The van der Waals surface area contributed by atoms with Crippen molar-refractivity contribution in [1.82, 2.24) is 15.1 Å². The van der Waals surface area contributed by atoms with E-state index in [4.69, 9.17) is 4.74 Å². The molecule has 0 atom stereocenters. The molecule has 0 unspecified atom stereocenters. The molecule has 2 amide bonds. The van der Waals surface area contributed by atoms with E-state index in [1.165, 1.54) is 0 Å². The minimum atomic E-state index is -0.0856. The van der Waals surface area contributed by atoms with Gasteiger partial charge in [-0.05, 0) is 13.0 Å². The Morgan fingerprint density at radius 2 is 2.18 bits per heavy atom. The summed E-state index contributed by atoms with van der Waals surface area (Å²) in [5.41, 5.74) is 0. The molecule has 0 bridgehead atoms. The van der Waals surface area contributed by atoms with Crippen LogP contribution in [0.5, 0.6) is 0 Å². The first-order valence-corrected chi connectivity index (χ1v) is 6.11. The van der Waals surface area contributed by atoms with E-state index in [1.807, 2.05) is 4.90 Å². The Balaban J connectivity index is 1.84. The van der Waals surface area contributed by atoms with Crippen molar-refractivity contribution in [2.24, 2.45) is 0 Å². The summed E-state index contributed by atoms with van der Waals surface area (Å²) in [5, 5.41) is 3.25. The summed E-state index contributed by atoms with van der Waals surface area (Å²) in [6.07, 6.45) is 0.975. The third kappa shape index (κ3) is 3.41. The first kappa shape index (κ1) is 12.3. The molecule has 96 valence electrons. The normalized spacial score (nSPS) is 22.5. The molecule has 0 radical (unpaired) electrons. The summed E-state index contributed by atoms with van der Waals surface area (Å²) in [4.78, 5) is 26.9. The van der Waals surface area contributed by atoms with Gasteiger partial charge >= 0.3 is 0 Å². The second-order valence-corrected chi connectivity index (χ2v) is 4.35. The van der Waals surface area contributed by atoms with Crippen LogP contribution in [0, 0.1) is 0 Å². The van der Waals surface area contributed by atoms with Crippen LogP contribution in [-0.2, 0) is 14.3 Å². The summed E-state index contributed by atoms with van der Waals surface area (Å²) in [5.74, 6) is -0.0403. The minimum Gasteiger partial charge on any atom is -0.370 e. The third-order valence-electron chi connectivity index (χ3n) is 3.10. The highest BCUT2D eigenvalue weighted by Gasteiger charge is 2.23. The maximum Gasteiger partial charge on any atom is 0.249 e. The SMILES string of the molecule is O=C(CN1CCOCC1=O)N1CCCNCC1. The van der Waals surface area contributed by atoms with Gasteiger partial charge < -0.3 is 19.9 Å². The number of hydrogen-bond acceptors (Lipinski definition) is 4.